The van der Waals surface area contributed by atoms with Crippen LogP contribution < -0.4 is 5.73 Å². The number of aliphatic hydroxyl groups is 2. The van der Waals surface area contributed by atoms with Crippen molar-refractivity contribution in [3.8, 4) is 0 Å². The molecular weight excluding hydrogens is 268 g/mol. The topological polar surface area (TPSA) is 144 Å². The summed E-state index contributed by atoms with van der Waals surface area (Å²) in [6.45, 7) is 6.78. The lowest BCUT2D eigenvalue weighted by Crippen LogP contribution is -2.51. The number of carboxylic acid groups (broad SMARTS) is 2. The molecule has 0 spiro atoms. The van der Waals surface area contributed by atoms with Crippen LogP contribution in [0.4, 0.5) is 0 Å². The van der Waals surface area contributed by atoms with Crippen LogP contribution in [-0.4, -0.2) is 75.7 Å². The summed E-state index contributed by atoms with van der Waals surface area (Å²) in [6.07, 6.45) is -3.39. The Balaban J connectivity index is 0.000000361. The van der Waals surface area contributed by atoms with Gasteiger partial charge in [0.05, 0.1) is 0 Å². The molecule has 0 saturated carbocycles. The van der Waals surface area contributed by atoms with Crippen LogP contribution in [0.3, 0.4) is 0 Å². The second kappa shape index (κ2) is 7.53. The molecule has 118 valence electrons. The number of carboxylic acids is 2. The molecule has 8 heteroatoms. The van der Waals surface area contributed by atoms with Gasteiger partial charge in [0.15, 0.2) is 12.2 Å². The first-order chi connectivity index (χ1) is 8.99. The minimum absolute atomic E-state index is 0.312. The summed E-state index contributed by atoms with van der Waals surface area (Å²) in [7, 11) is 2.16. The molecule has 20 heavy (non-hydrogen) atoms. The summed E-state index contributed by atoms with van der Waals surface area (Å²) in [4.78, 5) is 21.9. The molecule has 0 aliphatic carbocycles. The molecule has 0 unspecified atom stereocenters. The van der Waals surface area contributed by atoms with E-state index in [1.165, 1.54) is 0 Å². The normalized spacial score (nSPS) is 25.0. The summed E-state index contributed by atoms with van der Waals surface area (Å²) >= 11 is 0. The van der Waals surface area contributed by atoms with Crippen molar-refractivity contribution < 1.29 is 30.0 Å². The van der Waals surface area contributed by atoms with Crippen molar-refractivity contribution in [1.29, 1.82) is 0 Å². The fourth-order valence-corrected chi connectivity index (χ4v) is 1.91. The Morgan fingerprint density at radius 1 is 1.20 bits per heavy atom. The number of aliphatic hydroxyl groups excluding tert-OH is 2. The molecule has 0 aromatic rings. The van der Waals surface area contributed by atoms with E-state index in [1.807, 2.05) is 0 Å². The highest BCUT2D eigenvalue weighted by atomic mass is 16.4. The van der Waals surface area contributed by atoms with Gasteiger partial charge in [0.1, 0.15) is 0 Å². The summed E-state index contributed by atoms with van der Waals surface area (Å²) in [5.41, 5.74) is 6.26. The molecule has 0 bridgehead atoms. The minimum Gasteiger partial charge on any atom is -0.479 e. The molecule has 0 aromatic carbocycles. The van der Waals surface area contributed by atoms with Gasteiger partial charge in [-0.05, 0) is 25.4 Å². The van der Waals surface area contributed by atoms with E-state index in [2.05, 4.69) is 25.8 Å². The maximum absolute atomic E-state index is 9.77. The number of piperidine rings is 1. The molecule has 0 aromatic heterocycles. The van der Waals surface area contributed by atoms with E-state index in [-0.39, 0.29) is 0 Å². The zero-order chi connectivity index (χ0) is 16.1. The van der Waals surface area contributed by atoms with Crippen LogP contribution in [0.25, 0.3) is 0 Å². The molecule has 0 radical (unpaired) electrons. The standard InChI is InChI=1S/C8H18N2.C4H6O6/c1-8(2)6-10(3)5-4-7(8)9;5-1(3(7)8)2(6)4(9)10/h7H,4-6,9H2,1-3H3;1-2,5-6H,(H,7,8)(H,9,10)/t7-;1-,2-/m10/s1. The molecule has 1 fully saturated rings. The molecule has 1 saturated heterocycles. The second-order valence-corrected chi connectivity index (χ2v) is 5.69. The van der Waals surface area contributed by atoms with E-state index in [0.717, 1.165) is 19.5 Å². The molecular formula is C12H24N2O6. The molecule has 6 N–H and O–H groups in total. The number of carbonyl (C=O) groups is 2. The Kier molecular flexibility index (Phi) is 7.07. The quantitative estimate of drug-likeness (QED) is 0.425. The van der Waals surface area contributed by atoms with Crippen molar-refractivity contribution in [1.82, 2.24) is 4.90 Å². The summed E-state index contributed by atoms with van der Waals surface area (Å²) < 4.78 is 0. The number of aliphatic carboxylic acids is 2. The first-order valence-electron chi connectivity index (χ1n) is 6.25. The van der Waals surface area contributed by atoms with Crippen LogP contribution in [0.15, 0.2) is 0 Å². The zero-order valence-corrected chi connectivity index (χ0v) is 12.0. The Labute approximate surface area is 117 Å². The van der Waals surface area contributed by atoms with E-state index >= 15 is 0 Å². The monoisotopic (exact) mass is 292 g/mol. The van der Waals surface area contributed by atoms with E-state index in [0.29, 0.717) is 11.5 Å². The van der Waals surface area contributed by atoms with Crippen molar-refractivity contribution in [3.63, 3.8) is 0 Å². The Hall–Kier alpha value is -1.22. The smallest absolute Gasteiger partial charge is 0.335 e. The molecule has 1 aliphatic rings. The molecule has 1 aliphatic heterocycles. The minimum atomic E-state index is -2.27. The maximum atomic E-state index is 9.77. The van der Waals surface area contributed by atoms with Gasteiger partial charge in [-0.2, -0.15) is 0 Å². The van der Waals surface area contributed by atoms with Crippen molar-refractivity contribution in [2.24, 2.45) is 11.1 Å². The van der Waals surface area contributed by atoms with E-state index in [9.17, 15) is 9.59 Å². The highest BCUT2D eigenvalue weighted by molar-refractivity contribution is 5.83. The number of likely N-dealkylation sites (tertiary alicyclic amines) is 1. The van der Waals surface area contributed by atoms with Crippen LogP contribution in [0, 0.1) is 5.41 Å². The van der Waals surface area contributed by atoms with Gasteiger partial charge < -0.3 is 31.1 Å². The van der Waals surface area contributed by atoms with Gasteiger partial charge in [-0.3, -0.25) is 0 Å². The van der Waals surface area contributed by atoms with Crippen LogP contribution in [0.5, 0.6) is 0 Å². The number of nitrogens with two attached hydrogens (primary N) is 1. The molecule has 8 nitrogen and oxygen atoms in total. The highest BCUT2D eigenvalue weighted by Gasteiger charge is 2.31. The van der Waals surface area contributed by atoms with Gasteiger partial charge in [-0.15, -0.1) is 0 Å². The van der Waals surface area contributed by atoms with Gasteiger partial charge in [0.2, 0.25) is 0 Å². The van der Waals surface area contributed by atoms with Crippen LogP contribution >= 0.6 is 0 Å². The van der Waals surface area contributed by atoms with E-state index in [1.54, 1.807) is 0 Å². The third-order valence-corrected chi connectivity index (χ3v) is 3.31. The average Bonchev–Trinajstić information content (AvgIpc) is 2.32. The molecule has 0 amide bonds. The fraction of sp³-hybridized carbons (Fsp3) is 0.833. The molecule has 3 atom stereocenters. The Morgan fingerprint density at radius 2 is 1.60 bits per heavy atom. The lowest BCUT2D eigenvalue weighted by molar-refractivity contribution is -0.165. The predicted molar refractivity (Wildman–Crippen MR) is 71.2 cm³/mol. The molecule has 1 heterocycles. The second-order valence-electron chi connectivity index (χ2n) is 5.69. The van der Waals surface area contributed by atoms with Gasteiger partial charge in [-0.25, -0.2) is 9.59 Å². The summed E-state index contributed by atoms with van der Waals surface area (Å²) in [6, 6.07) is 0.392. The lowest BCUT2D eigenvalue weighted by Gasteiger charge is -2.40. The number of hydrogen-bond acceptors (Lipinski definition) is 6. The SMILES string of the molecule is CN1CC[C@@H](N)C(C)(C)C1.O=C(O)[C@@H](O)[C@H](O)C(=O)O. The van der Waals surface area contributed by atoms with Crippen molar-refractivity contribution >= 4 is 11.9 Å². The first kappa shape index (κ1) is 18.8. The third-order valence-electron chi connectivity index (χ3n) is 3.31. The average molecular weight is 292 g/mol. The van der Waals surface area contributed by atoms with Gasteiger partial charge in [-0.1, -0.05) is 13.8 Å². The largest absolute Gasteiger partial charge is 0.479 e. The predicted octanol–water partition coefficient (Wildman–Crippen LogP) is -1.45. The maximum Gasteiger partial charge on any atom is 0.335 e. The molecule has 1 rings (SSSR count). The Bertz CT molecular complexity index is 329. The van der Waals surface area contributed by atoms with E-state index in [4.69, 9.17) is 26.2 Å². The lowest BCUT2D eigenvalue weighted by atomic mass is 9.80. The van der Waals surface area contributed by atoms with Gasteiger partial charge >= 0.3 is 11.9 Å². The summed E-state index contributed by atoms with van der Waals surface area (Å²) in [5.74, 6) is -3.54. The fourth-order valence-electron chi connectivity index (χ4n) is 1.91. The van der Waals surface area contributed by atoms with Gasteiger partial charge in [0, 0.05) is 12.6 Å². The number of rotatable bonds is 3. The van der Waals surface area contributed by atoms with Crippen LogP contribution in [0.2, 0.25) is 0 Å². The van der Waals surface area contributed by atoms with Gasteiger partial charge in [0.25, 0.3) is 0 Å². The summed E-state index contributed by atoms with van der Waals surface area (Å²) in [5, 5.41) is 32.5. The van der Waals surface area contributed by atoms with Crippen molar-refractivity contribution in [2.75, 3.05) is 20.1 Å². The third kappa shape index (κ3) is 5.83. The highest BCUT2D eigenvalue weighted by Crippen LogP contribution is 2.26. The number of nitrogens with zero attached hydrogens (tertiary/aromatic N) is 1. The van der Waals surface area contributed by atoms with Crippen LogP contribution in [-0.2, 0) is 9.59 Å². The number of hydrogen-bond donors (Lipinski definition) is 5. The van der Waals surface area contributed by atoms with Crippen molar-refractivity contribution in [3.05, 3.63) is 0 Å². The Morgan fingerprint density at radius 3 is 1.85 bits per heavy atom. The first-order valence-corrected chi connectivity index (χ1v) is 6.25. The van der Waals surface area contributed by atoms with Crippen LogP contribution in [0.1, 0.15) is 20.3 Å². The van der Waals surface area contributed by atoms with E-state index < -0.39 is 24.1 Å². The van der Waals surface area contributed by atoms with Crippen molar-refractivity contribution in [2.45, 2.75) is 38.5 Å². The zero-order valence-electron chi connectivity index (χ0n) is 12.0.